The molecule has 1 aromatic heterocycles. The quantitative estimate of drug-likeness (QED) is 0.925. The number of rotatable bonds is 4. The molecule has 1 fully saturated rings. The normalized spacial score (nSPS) is 22.8. The lowest BCUT2D eigenvalue weighted by Gasteiger charge is -2.30. The van der Waals surface area contributed by atoms with Gasteiger partial charge in [-0.05, 0) is 41.0 Å². The largest absolute Gasteiger partial charge is 0.376 e. The lowest BCUT2D eigenvalue weighted by molar-refractivity contribution is 0.118. The third-order valence-corrected chi connectivity index (χ3v) is 4.28. The Morgan fingerprint density at radius 2 is 2.10 bits per heavy atom. The fourth-order valence-electron chi connectivity index (χ4n) is 3.08. The Morgan fingerprint density at radius 1 is 1.43 bits per heavy atom. The second kappa shape index (κ2) is 5.97. The van der Waals surface area contributed by atoms with E-state index in [0.717, 1.165) is 25.3 Å². The molecule has 0 aliphatic carbocycles. The second-order valence-corrected chi connectivity index (χ2v) is 7.16. The molecule has 2 heterocycles. The van der Waals surface area contributed by atoms with Gasteiger partial charge < -0.3 is 15.0 Å². The number of anilines is 1. The van der Waals surface area contributed by atoms with E-state index in [9.17, 15) is 0 Å². The maximum atomic E-state index is 5.72. The predicted octanol–water partition coefficient (Wildman–Crippen LogP) is 2.23. The van der Waals surface area contributed by atoms with Gasteiger partial charge in [0.2, 0.25) is 0 Å². The standard InChI is InChI=1S/C16H30N4O/c1-11-13(10-17-16(3,4)5)15(20(7)18-11)19(6)14-8-9-21-12(14)2/h12,14,17H,8-10H2,1-7H3. The summed E-state index contributed by atoms with van der Waals surface area (Å²) in [5, 5.41) is 8.20. The number of nitrogens with zero attached hydrogens (tertiary/aromatic N) is 3. The third-order valence-electron chi connectivity index (χ3n) is 4.28. The second-order valence-electron chi connectivity index (χ2n) is 7.16. The van der Waals surface area contributed by atoms with E-state index >= 15 is 0 Å². The predicted molar refractivity (Wildman–Crippen MR) is 86.8 cm³/mol. The molecule has 0 spiro atoms. The van der Waals surface area contributed by atoms with Crippen LogP contribution in [0.3, 0.4) is 0 Å². The number of aryl methyl sites for hydroxylation is 2. The SMILES string of the molecule is Cc1nn(C)c(N(C)C2CCOC2C)c1CNC(C)(C)C. The first-order valence-corrected chi connectivity index (χ1v) is 7.82. The van der Waals surface area contributed by atoms with Gasteiger partial charge in [-0.2, -0.15) is 5.10 Å². The molecule has 1 N–H and O–H groups in total. The summed E-state index contributed by atoms with van der Waals surface area (Å²) >= 11 is 0. The van der Waals surface area contributed by atoms with Crippen LogP contribution in [0.1, 0.15) is 45.4 Å². The van der Waals surface area contributed by atoms with E-state index in [1.807, 2.05) is 11.7 Å². The minimum Gasteiger partial charge on any atom is -0.376 e. The summed E-state index contributed by atoms with van der Waals surface area (Å²) in [4.78, 5) is 2.34. The van der Waals surface area contributed by atoms with Crippen molar-refractivity contribution in [3.05, 3.63) is 11.3 Å². The number of likely N-dealkylation sites (N-methyl/N-ethyl adjacent to an activating group) is 1. The van der Waals surface area contributed by atoms with Gasteiger partial charge in [0, 0.05) is 38.3 Å². The maximum absolute atomic E-state index is 5.72. The number of aromatic nitrogens is 2. The van der Waals surface area contributed by atoms with E-state index in [2.05, 4.69) is 57.0 Å². The van der Waals surface area contributed by atoms with Crippen molar-refractivity contribution in [3.8, 4) is 0 Å². The van der Waals surface area contributed by atoms with Gasteiger partial charge in [0.25, 0.3) is 0 Å². The molecular formula is C16H30N4O. The number of hydrogen-bond acceptors (Lipinski definition) is 4. The van der Waals surface area contributed by atoms with Crippen LogP contribution >= 0.6 is 0 Å². The fourth-order valence-corrected chi connectivity index (χ4v) is 3.08. The molecule has 1 aromatic rings. The zero-order chi connectivity index (χ0) is 15.8. The fraction of sp³-hybridized carbons (Fsp3) is 0.812. The van der Waals surface area contributed by atoms with Gasteiger partial charge in [-0.3, -0.25) is 4.68 Å². The van der Waals surface area contributed by atoms with E-state index in [-0.39, 0.29) is 11.6 Å². The van der Waals surface area contributed by atoms with Crippen LogP contribution in [0, 0.1) is 6.92 Å². The van der Waals surface area contributed by atoms with Crippen molar-refractivity contribution in [1.82, 2.24) is 15.1 Å². The van der Waals surface area contributed by atoms with Crippen LogP contribution in [0.4, 0.5) is 5.82 Å². The van der Waals surface area contributed by atoms with Crippen LogP contribution in [0.15, 0.2) is 0 Å². The molecule has 2 rings (SSSR count). The van der Waals surface area contributed by atoms with Crippen LogP contribution in [-0.4, -0.2) is 41.1 Å². The Morgan fingerprint density at radius 3 is 2.62 bits per heavy atom. The van der Waals surface area contributed by atoms with Gasteiger partial charge in [0.15, 0.2) is 0 Å². The molecule has 1 aliphatic rings. The van der Waals surface area contributed by atoms with Crippen molar-refractivity contribution in [3.63, 3.8) is 0 Å². The molecular weight excluding hydrogens is 264 g/mol. The first-order valence-electron chi connectivity index (χ1n) is 7.82. The Kier molecular flexibility index (Phi) is 4.63. The molecule has 0 saturated carbocycles. The Balaban J connectivity index is 2.25. The number of hydrogen-bond donors (Lipinski definition) is 1. The average Bonchev–Trinajstić information content (AvgIpc) is 2.89. The molecule has 2 unspecified atom stereocenters. The van der Waals surface area contributed by atoms with Gasteiger partial charge in [0.1, 0.15) is 5.82 Å². The van der Waals surface area contributed by atoms with Gasteiger partial charge >= 0.3 is 0 Å². The van der Waals surface area contributed by atoms with Crippen LogP contribution in [0.25, 0.3) is 0 Å². The summed E-state index contributed by atoms with van der Waals surface area (Å²) in [5.41, 5.74) is 2.48. The monoisotopic (exact) mass is 294 g/mol. The molecule has 5 heteroatoms. The Bertz CT molecular complexity index is 489. The summed E-state index contributed by atoms with van der Waals surface area (Å²) in [6.45, 7) is 12.5. The molecule has 0 bridgehead atoms. The highest BCUT2D eigenvalue weighted by Crippen LogP contribution is 2.29. The summed E-state index contributed by atoms with van der Waals surface area (Å²) in [7, 11) is 4.19. The highest BCUT2D eigenvalue weighted by Gasteiger charge is 2.31. The minimum atomic E-state index is 0.0991. The molecule has 0 amide bonds. The zero-order valence-corrected chi connectivity index (χ0v) is 14.5. The van der Waals surface area contributed by atoms with Gasteiger partial charge in [-0.25, -0.2) is 0 Å². The minimum absolute atomic E-state index is 0.0991. The third kappa shape index (κ3) is 3.58. The van der Waals surface area contributed by atoms with Crippen LogP contribution < -0.4 is 10.2 Å². The highest BCUT2D eigenvalue weighted by molar-refractivity contribution is 5.51. The molecule has 1 aliphatic heterocycles. The first-order chi connectivity index (χ1) is 9.70. The van der Waals surface area contributed by atoms with Crippen LogP contribution in [0.5, 0.6) is 0 Å². The van der Waals surface area contributed by atoms with E-state index < -0.39 is 0 Å². The topological polar surface area (TPSA) is 42.3 Å². The lowest BCUT2D eigenvalue weighted by atomic mass is 10.1. The summed E-state index contributed by atoms with van der Waals surface area (Å²) < 4.78 is 7.72. The van der Waals surface area contributed by atoms with E-state index in [1.54, 1.807) is 0 Å². The van der Waals surface area contributed by atoms with E-state index in [4.69, 9.17) is 4.74 Å². The molecule has 5 nitrogen and oxygen atoms in total. The number of nitrogens with one attached hydrogen (secondary N) is 1. The summed E-state index contributed by atoms with van der Waals surface area (Å²) in [6, 6.07) is 0.424. The van der Waals surface area contributed by atoms with Crippen molar-refractivity contribution in [2.45, 2.75) is 65.3 Å². The summed E-state index contributed by atoms with van der Waals surface area (Å²) in [5.74, 6) is 1.20. The van der Waals surface area contributed by atoms with Crippen LogP contribution in [-0.2, 0) is 18.3 Å². The van der Waals surface area contributed by atoms with Gasteiger partial charge in [-0.1, -0.05) is 0 Å². The van der Waals surface area contributed by atoms with Gasteiger partial charge in [0.05, 0.1) is 17.8 Å². The maximum Gasteiger partial charge on any atom is 0.131 e. The zero-order valence-electron chi connectivity index (χ0n) is 14.5. The molecule has 21 heavy (non-hydrogen) atoms. The highest BCUT2D eigenvalue weighted by atomic mass is 16.5. The van der Waals surface area contributed by atoms with E-state index in [0.29, 0.717) is 6.04 Å². The number of ether oxygens (including phenoxy) is 1. The lowest BCUT2D eigenvalue weighted by Crippen LogP contribution is -2.39. The van der Waals surface area contributed by atoms with Crippen molar-refractivity contribution in [1.29, 1.82) is 0 Å². The van der Waals surface area contributed by atoms with E-state index in [1.165, 1.54) is 11.4 Å². The van der Waals surface area contributed by atoms with Crippen LogP contribution in [0.2, 0.25) is 0 Å². The van der Waals surface area contributed by atoms with Crippen molar-refractivity contribution < 1.29 is 4.74 Å². The van der Waals surface area contributed by atoms with Crippen molar-refractivity contribution >= 4 is 5.82 Å². The summed E-state index contributed by atoms with van der Waals surface area (Å²) in [6.07, 6.45) is 1.35. The molecule has 0 aromatic carbocycles. The van der Waals surface area contributed by atoms with Gasteiger partial charge in [-0.15, -0.1) is 0 Å². The Labute approximate surface area is 128 Å². The molecule has 1 saturated heterocycles. The Hall–Kier alpha value is -1.07. The molecule has 120 valence electrons. The molecule has 2 atom stereocenters. The first kappa shape index (κ1) is 16.3. The smallest absolute Gasteiger partial charge is 0.131 e. The molecule has 0 radical (unpaired) electrons. The average molecular weight is 294 g/mol. The van der Waals surface area contributed by atoms with Crippen molar-refractivity contribution in [2.24, 2.45) is 7.05 Å². The van der Waals surface area contributed by atoms with Crippen molar-refractivity contribution in [2.75, 3.05) is 18.6 Å².